The van der Waals surface area contributed by atoms with Gasteiger partial charge in [0.05, 0.1) is 6.07 Å². The smallest absolute Gasteiger partial charge is 0.225 e. The number of halogens is 1. The Morgan fingerprint density at radius 1 is 1.26 bits per heavy atom. The first-order chi connectivity index (χ1) is 10.4. The number of amides is 1. The summed E-state index contributed by atoms with van der Waals surface area (Å²) in [6, 6.07) is 2.46. The molecule has 0 aromatic rings. The molecule has 1 saturated heterocycles. The number of hydrazine groups is 1. The first-order valence-electron chi connectivity index (χ1n) is 8.08. The van der Waals surface area contributed by atoms with Crippen LogP contribution in [0.1, 0.15) is 45.4 Å². The van der Waals surface area contributed by atoms with Crippen LogP contribution in [0.2, 0.25) is 0 Å². The summed E-state index contributed by atoms with van der Waals surface area (Å²) in [5.74, 6) is 0.228. The lowest BCUT2D eigenvalue weighted by Crippen LogP contribution is -2.58. The lowest BCUT2D eigenvalue weighted by molar-refractivity contribution is -0.134. The van der Waals surface area contributed by atoms with Gasteiger partial charge >= 0.3 is 0 Å². The molecular formula is C16H27ClN4O2. The number of Topliss-reactive ketones (excluding diaryl/α,β-unsaturated/α-hetero) is 1. The molecule has 0 unspecified atom stereocenters. The van der Waals surface area contributed by atoms with Gasteiger partial charge in [-0.2, -0.15) is 5.26 Å². The van der Waals surface area contributed by atoms with Gasteiger partial charge in [0.2, 0.25) is 5.91 Å². The molecule has 1 saturated carbocycles. The van der Waals surface area contributed by atoms with E-state index in [-0.39, 0.29) is 36.1 Å². The first-order valence-corrected chi connectivity index (χ1v) is 8.08. The molecule has 1 amide bonds. The molecule has 2 fully saturated rings. The van der Waals surface area contributed by atoms with E-state index in [1.54, 1.807) is 19.0 Å². The van der Waals surface area contributed by atoms with Gasteiger partial charge in [-0.25, -0.2) is 5.01 Å². The number of carbonyl (C=O) groups excluding carboxylic acids is 2. The van der Waals surface area contributed by atoms with E-state index in [2.05, 4.69) is 11.5 Å². The second-order valence-corrected chi connectivity index (χ2v) is 6.69. The highest BCUT2D eigenvalue weighted by molar-refractivity contribution is 5.89. The van der Waals surface area contributed by atoms with Gasteiger partial charge in [0.25, 0.3) is 0 Å². The predicted octanol–water partition coefficient (Wildman–Crippen LogP) is 1.51. The number of nitriles is 1. The lowest BCUT2D eigenvalue weighted by Gasteiger charge is -2.37. The fourth-order valence-corrected chi connectivity index (χ4v) is 3.61. The Morgan fingerprint density at radius 2 is 1.87 bits per heavy atom. The summed E-state index contributed by atoms with van der Waals surface area (Å²) in [6.07, 6.45) is 4.99. The van der Waals surface area contributed by atoms with Crippen LogP contribution in [-0.2, 0) is 9.59 Å². The number of hydrogen-bond acceptors (Lipinski definition) is 5. The molecule has 2 aliphatic rings. The number of rotatable bonds is 4. The van der Waals surface area contributed by atoms with Gasteiger partial charge in [-0.3, -0.25) is 15.0 Å². The summed E-state index contributed by atoms with van der Waals surface area (Å²) in [5.41, 5.74) is 2.39. The van der Waals surface area contributed by atoms with Gasteiger partial charge in [0.1, 0.15) is 0 Å². The van der Waals surface area contributed by atoms with Crippen LogP contribution >= 0.6 is 12.4 Å². The summed E-state index contributed by atoms with van der Waals surface area (Å²) in [7, 11) is 3.59. The van der Waals surface area contributed by atoms with E-state index in [1.165, 1.54) is 6.92 Å². The summed E-state index contributed by atoms with van der Waals surface area (Å²) >= 11 is 0. The van der Waals surface area contributed by atoms with Crippen molar-refractivity contribution in [3.8, 4) is 6.07 Å². The zero-order valence-corrected chi connectivity index (χ0v) is 15.0. The predicted molar refractivity (Wildman–Crippen MR) is 89.8 cm³/mol. The van der Waals surface area contributed by atoms with Crippen molar-refractivity contribution in [3.63, 3.8) is 0 Å². The van der Waals surface area contributed by atoms with Gasteiger partial charge in [-0.05, 0) is 45.4 Å². The number of nitrogens with one attached hydrogen (secondary N) is 1. The Hall–Kier alpha value is -1.16. The Bertz CT molecular complexity index is 483. The Morgan fingerprint density at radius 3 is 2.35 bits per heavy atom. The minimum atomic E-state index is -1.00. The average molecular weight is 343 g/mol. The van der Waals surface area contributed by atoms with E-state index in [1.807, 2.05) is 5.01 Å². The molecule has 0 bridgehead atoms. The molecule has 0 aromatic heterocycles. The normalized spacial score (nSPS) is 31.0. The summed E-state index contributed by atoms with van der Waals surface area (Å²) in [4.78, 5) is 25.6. The van der Waals surface area contributed by atoms with Crippen LogP contribution in [0.5, 0.6) is 0 Å². The van der Waals surface area contributed by atoms with Gasteiger partial charge in [-0.15, -0.1) is 12.4 Å². The second kappa shape index (κ2) is 8.09. The van der Waals surface area contributed by atoms with Gasteiger partial charge in [0.15, 0.2) is 11.3 Å². The molecule has 7 heteroatoms. The fourth-order valence-electron chi connectivity index (χ4n) is 3.61. The molecule has 0 spiro atoms. The molecule has 6 nitrogen and oxygen atoms in total. The monoisotopic (exact) mass is 342 g/mol. The third-order valence-electron chi connectivity index (χ3n) is 5.00. The molecular weight excluding hydrogens is 316 g/mol. The van der Waals surface area contributed by atoms with Gasteiger partial charge in [0, 0.05) is 32.6 Å². The van der Waals surface area contributed by atoms with Crippen molar-refractivity contribution in [2.75, 3.05) is 20.6 Å². The quantitative estimate of drug-likeness (QED) is 0.838. The van der Waals surface area contributed by atoms with Crippen molar-refractivity contribution in [3.05, 3.63) is 0 Å². The van der Waals surface area contributed by atoms with E-state index in [9.17, 15) is 14.9 Å². The number of ketones is 1. The van der Waals surface area contributed by atoms with Crippen LogP contribution in [0.4, 0.5) is 0 Å². The Kier molecular flexibility index (Phi) is 7.00. The SMILES string of the molecule is CC(=O)[C@@]1(C#N)CCCN1NC1CCC(C(=O)N(C)C)CC1.Cl. The zero-order valence-electron chi connectivity index (χ0n) is 14.2. The maximum absolute atomic E-state index is 12.0. The summed E-state index contributed by atoms with van der Waals surface area (Å²) < 4.78 is 0. The number of hydrogen-bond donors (Lipinski definition) is 1. The summed E-state index contributed by atoms with van der Waals surface area (Å²) in [5, 5.41) is 11.3. The van der Waals surface area contributed by atoms with E-state index in [0.717, 1.165) is 38.6 Å². The van der Waals surface area contributed by atoms with Crippen LogP contribution in [0, 0.1) is 17.2 Å². The molecule has 1 N–H and O–H groups in total. The molecule has 0 aromatic carbocycles. The van der Waals surface area contributed by atoms with E-state index in [4.69, 9.17) is 0 Å². The second-order valence-electron chi connectivity index (χ2n) is 6.69. The van der Waals surface area contributed by atoms with Crippen LogP contribution < -0.4 is 5.43 Å². The minimum absolute atomic E-state index is 0. The molecule has 0 radical (unpaired) electrons. The molecule has 130 valence electrons. The maximum Gasteiger partial charge on any atom is 0.225 e. The topological polar surface area (TPSA) is 76.4 Å². The van der Waals surface area contributed by atoms with Crippen molar-refractivity contribution < 1.29 is 9.59 Å². The molecule has 2 rings (SSSR count). The van der Waals surface area contributed by atoms with Gasteiger partial charge in [-0.1, -0.05) is 0 Å². The van der Waals surface area contributed by atoms with Crippen molar-refractivity contribution in [2.24, 2.45) is 5.92 Å². The first kappa shape index (κ1) is 19.9. The maximum atomic E-state index is 12.0. The Labute approximate surface area is 144 Å². The number of nitrogens with zero attached hydrogens (tertiary/aromatic N) is 3. The highest BCUT2D eigenvalue weighted by Gasteiger charge is 2.46. The van der Waals surface area contributed by atoms with Crippen LogP contribution in [0.25, 0.3) is 0 Å². The van der Waals surface area contributed by atoms with Crippen molar-refractivity contribution in [1.29, 1.82) is 5.26 Å². The van der Waals surface area contributed by atoms with E-state index in [0.29, 0.717) is 6.42 Å². The standard InChI is InChI=1S/C16H26N4O2.ClH/c1-12(21)16(11-17)9-4-10-20(16)18-14-7-5-13(6-8-14)15(22)19(2)3;/h13-14,18H,4-10H2,1-3H3;1H/t13?,14?,16-;/m0./s1. The molecule has 1 atom stereocenters. The van der Waals surface area contributed by atoms with Crippen molar-refractivity contribution in [2.45, 2.75) is 57.0 Å². The Balaban J connectivity index is 0.00000264. The van der Waals surface area contributed by atoms with Crippen LogP contribution in [0.15, 0.2) is 0 Å². The van der Waals surface area contributed by atoms with Crippen molar-refractivity contribution in [1.82, 2.24) is 15.3 Å². The minimum Gasteiger partial charge on any atom is -0.349 e. The number of carbonyl (C=O) groups is 2. The third kappa shape index (κ3) is 4.03. The molecule has 23 heavy (non-hydrogen) atoms. The fraction of sp³-hybridized carbons (Fsp3) is 0.812. The van der Waals surface area contributed by atoms with E-state index < -0.39 is 5.54 Å². The van der Waals surface area contributed by atoms with E-state index >= 15 is 0 Å². The van der Waals surface area contributed by atoms with Crippen molar-refractivity contribution >= 4 is 24.1 Å². The van der Waals surface area contributed by atoms with Crippen LogP contribution in [-0.4, -0.2) is 53.8 Å². The average Bonchev–Trinajstić information content (AvgIpc) is 2.91. The lowest BCUT2D eigenvalue weighted by atomic mass is 9.85. The van der Waals surface area contributed by atoms with Crippen LogP contribution in [0.3, 0.4) is 0 Å². The molecule has 1 aliphatic carbocycles. The molecule has 1 aliphatic heterocycles. The largest absolute Gasteiger partial charge is 0.349 e. The third-order valence-corrected chi connectivity index (χ3v) is 5.00. The molecule has 1 heterocycles. The zero-order chi connectivity index (χ0) is 16.3. The highest BCUT2D eigenvalue weighted by Crippen LogP contribution is 2.31. The highest BCUT2D eigenvalue weighted by atomic mass is 35.5. The van der Waals surface area contributed by atoms with Gasteiger partial charge < -0.3 is 4.90 Å². The summed E-state index contributed by atoms with van der Waals surface area (Å²) in [6.45, 7) is 2.22.